The van der Waals surface area contributed by atoms with Gasteiger partial charge in [0.25, 0.3) is 0 Å². The van der Waals surface area contributed by atoms with Gasteiger partial charge in [0, 0.05) is 13.1 Å². The molecule has 0 atom stereocenters. The van der Waals surface area contributed by atoms with Crippen LogP contribution in [0.15, 0.2) is 0 Å². The summed E-state index contributed by atoms with van der Waals surface area (Å²) < 4.78 is 9.29. The molecule has 2 N–H and O–H groups in total. The maximum Gasteiger partial charge on any atom is 0.197 e. The van der Waals surface area contributed by atoms with Crippen molar-refractivity contribution in [2.24, 2.45) is 0 Å². The molecule has 2 heterocycles. The molecule has 1 aromatic heterocycles. The predicted octanol–water partition coefficient (Wildman–Crippen LogP) is 1.33. The zero-order valence-electron chi connectivity index (χ0n) is 7.62. The summed E-state index contributed by atoms with van der Waals surface area (Å²) in [7, 11) is 1.64. The quantitative estimate of drug-likeness (QED) is 0.780. The summed E-state index contributed by atoms with van der Waals surface area (Å²) in [5.41, 5.74) is 5.67. The van der Waals surface area contributed by atoms with E-state index in [4.69, 9.17) is 10.5 Å². The van der Waals surface area contributed by atoms with Crippen molar-refractivity contribution < 1.29 is 4.74 Å². The number of hydrogen-bond acceptors (Lipinski definition) is 5. The third kappa shape index (κ3) is 1.44. The van der Waals surface area contributed by atoms with E-state index in [1.165, 1.54) is 24.4 Å². The zero-order chi connectivity index (χ0) is 9.26. The van der Waals surface area contributed by atoms with Crippen molar-refractivity contribution in [3.8, 4) is 5.75 Å². The summed E-state index contributed by atoms with van der Waals surface area (Å²) in [5.74, 6) is 1.25. The molecule has 1 saturated heterocycles. The lowest BCUT2D eigenvalue weighted by Crippen LogP contribution is -2.16. The van der Waals surface area contributed by atoms with Gasteiger partial charge < -0.3 is 15.4 Å². The van der Waals surface area contributed by atoms with E-state index in [9.17, 15) is 0 Å². The average Bonchev–Trinajstić information content (AvgIpc) is 2.71. The monoisotopic (exact) mass is 199 g/mol. The molecule has 0 aliphatic carbocycles. The van der Waals surface area contributed by atoms with Crippen LogP contribution in [0.5, 0.6) is 5.75 Å². The minimum atomic E-state index is 0.509. The summed E-state index contributed by atoms with van der Waals surface area (Å²) >= 11 is 1.42. The number of ether oxygens (including phenoxy) is 1. The van der Waals surface area contributed by atoms with Crippen molar-refractivity contribution in [3.05, 3.63) is 0 Å². The number of methoxy groups -OCH3 is 1. The van der Waals surface area contributed by atoms with Gasteiger partial charge in [-0.1, -0.05) is 0 Å². The highest BCUT2D eigenvalue weighted by Crippen LogP contribution is 2.39. The Morgan fingerprint density at radius 3 is 2.77 bits per heavy atom. The standard InChI is InChI=1S/C8H13N3OS/c1-12-6-7(9)10-13-8(6)11-4-2-3-5-11/h2-5H2,1H3,(H2,9,10). The molecule has 72 valence electrons. The summed E-state index contributed by atoms with van der Waals surface area (Å²) in [6.07, 6.45) is 2.50. The third-order valence-electron chi connectivity index (χ3n) is 2.25. The summed E-state index contributed by atoms with van der Waals surface area (Å²) in [5, 5.41) is 1.08. The van der Waals surface area contributed by atoms with Gasteiger partial charge in [0.1, 0.15) is 0 Å². The Labute approximate surface area is 81.5 Å². The second-order valence-corrected chi connectivity index (χ2v) is 3.85. The van der Waals surface area contributed by atoms with Gasteiger partial charge in [-0.15, -0.1) is 0 Å². The molecule has 0 amide bonds. The molecule has 0 unspecified atom stereocenters. The first kappa shape index (κ1) is 8.62. The van der Waals surface area contributed by atoms with Crippen LogP contribution in [0.25, 0.3) is 0 Å². The molecule has 1 fully saturated rings. The minimum Gasteiger partial charge on any atom is -0.490 e. The van der Waals surface area contributed by atoms with E-state index in [1.807, 2.05) is 0 Å². The third-order valence-corrected chi connectivity index (χ3v) is 3.16. The fourth-order valence-electron chi connectivity index (χ4n) is 1.60. The molecule has 0 bridgehead atoms. The normalized spacial score (nSPS) is 16.5. The van der Waals surface area contributed by atoms with Crippen molar-refractivity contribution in [3.63, 3.8) is 0 Å². The Bertz CT molecular complexity index is 294. The highest BCUT2D eigenvalue weighted by atomic mass is 32.1. The van der Waals surface area contributed by atoms with E-state index in [2.05, 4.69) is 9.27 Å². The molecular weight excluding hydrogens is 186 g/mol. The molecule has 4 nitrogen and oxygen atoms in total. The van der Waals surface area contributed by atoms with Gasteiger partial charge in [-0.3, -0.25) is 0 Å². The lowest BCUT2D eigenvalue weighted by Gasteiger charge is -2.15. The molecule has 0 saturated carbocycles. The fraction of sp³-hybridized carbons (Fsp3) is 0.625. The lowest BCUT2D eigenvalue weighted by atomic mass is 10.4. The van der Waals surface area contributed by atoms with E-state index in [0.717, 1.165) is 23.8 Å². The van der Waals surface area contributed by atoms with E-state index in [1.54, 1.807) is 7.11 Å². The van der Waals surface area contributed by atoms with Crippen LogP contribution >= 0.6 is 11.5 Å². The average molecular weight is 199 g/mol. The fourth-order valence-corrected chi connectivity index (χ4v) is 2.43. The van der Waals surface area contributed by atoms with E-state index < -0.39 is 0 Å². The SMILES string of the molecule is COc1c(N)nsc1N1CCCC1. The van der Waals surface area contributed by atoms with Gasteiger partial charge in [-0.2, -0.15) is 4.37 Å². The smallest absolute Gasteiger partial charge is 0.197 e. The Morgan fingerprint density at radius 2 is 2.15 bits per heavy atom. The molecule has 0 aromatic carbocycles. The maximum atomic E-state index is 5.67. The molecule has 0 radical (unpaired) electrons. The van der Waals surface area contributed by atoms with Crippen LogP contribution in [0.2, 0.25) is 0 Å². The molecule has 1 aliphatic rings. The molecule has 13 heavy (non-hydrogen) atoms. The van der Waals surface area contributed by atoms with Crippen molar-refractivity contribution in [2.45, 2.75) is 12.8 Å². The second kappa shape index (κ2) is 3.41. The largest absolute Gasteiger partial charge is 0.490 e. The Balaban J connectivity index is 2.27. The first-order valence-corrected chi connectivity index (χ1v) is 5.14. The Morgan fingerprint density at radius 1 is 1.46 bits per heavy atom. The van der Waals surface area contributed by atoms with Crippen molar-refractivity contribution >= 4 is 22.4 Å². The molecule has 5 heteroatoms. The van der Waals surface area contributed by atoms with Crippen LogP contribution in [-0.4, -0.2) is 24.6 Å². The number of anilines is 2. The van der Waals surface area contributed by atoms with Crippen LogP contribution in [0.3, 0.4) is 0 Å². The van der Waals surface area contributed by atoms with E-state index in [-0.39, 0.29) is 0 Å². The highest BCUT2D eigenvalue weighted by molar-refractivity contribution is 7.11. The maximum absolute atomic E-state index is 5.67. The number of rotatable bonds is 2. The predicted molar refractivity (Wildman–Crippen MR) is 54.5 cm³/mol. The van der Waals surface area contributed by atoms with Crippen LogP contribution in [0.1, 0.15) is 12.8 Å². The number of nitrogens with two attached hydrogens (primary N) is 1. The first-order valence-electron chi connectivity index (χ1n) is 4.37. The van der Waals surface area contributed by atoms with Crippen LogP contribution < -0.4 is 15.4 Å². The first-order chi connectivity index (χ1) is 6.33. The van der Waals surface area contributed by atoms with Crippen LogP contribution in [-0.2, 0) is 0 Å². The molecule has 1 aromatic rings. The van der Waals surface area contributed by atoms with E-state index >= 15 is 0 Å². The van der Waals surface area contributed by atoms with Gasteiger partial charge in [-0.25, -0.2) is 0 Å². The summed E-state index contributed by atoms with van der Waals surface area (Å²) in [4.78, 5) is 2.28. The molecule has 0 spiro atoms. The van der Waals surface area contributed by atoms with Crippen LogP contribution in [0.4, 0.5) is 10.8 Å². The van der Waals surface area contributed by atoms with Crippen molar-refractivity contribution in [1.82, 2.24) is 4.37 Å². The van der Waals surface area contributed by atoms with Gasteiger partial charge in [0.05, 0.1) is 7.11 Å². The second-order valence-electron chi connectivity index (χ2n) is 3.10. The van der Waals surface area contributed by atoms with Crippen molar-refractivity contribution in [1.29, 1.82) is 0 Å². The summed E-state index contributed by atoms with van der Waals surface area (Å²) in [6, 6.07) is 0. The minimum absolute atomic E-state index is 0.509. The highest BCUT2D eigenvalue weighted by Gasteiger charge is 2.20. The number of nitrogens with zero attached hydrogens (tertiary/aromatic N) is 2. The molecule has 1 aliphatic heterocycles. The van der Waals surface area contributed by atoms with Gasteiger partial charge >= 0.3 is 0 Å². The van der Waals surface area contributed by atoms with Gasteiger partial charge in [-0.05, 0) is 24.4 Å². The Hall–Kier alpha value is -0.970. The van der Waals surface area contributed by atoms with Crippen molar-refractivity contribution in [2.75, 3.05) is 30.8 Å². The van der Waals surface area contributed by atoms with Gasteiger partial charge in [0.2, 0.25) is 0 Å². The van der Waals surface area contributed by atoms with Gasteiger partial charge in [0.15, 0.2) is 16.6 Å². The summed E-state index contributed by atoms with van der Waals surface area (Å²) in [6.45, 7) is 2.19. The lowest BCUT2D eigenvalue weighted by molar-refractivity contribution is 0.418. The molecule has 2 rings (SSSR count). The molecular formula is C8H13N3OS. The van der Waals surface area contributed by atoms with E-state index in [0.29, 0.717) is 5.82 Å². The Kier molecular flexibility index (Phi) is 2.26. The zero-order valence-corrected chi connectivity index (χ0v) is 8.43. The number of hydrogen-bond donors (Lipinski definition) is 1. The number of nitrogen functional groups attached to an aromatic ring is 1. The van der Waals surface area contributed by atoms with Crippen LogP contribution in [0, 0.1) is 0 Å². The topological polar surface area (TPSA) is 51.4 Å². The number of aromatic nitrogens is 1.